The van der Waals surface area contributed by atoms with Gasteiger partial charge in [0.15, 0.2) is 0 Å². The van der Waals surface area contributed by atoms with E-state index >= 15 is 0 Å². The molecular formula is C14H9F4NO4S. The van der Waals surface area contributed by atoms with Crippen LogP contribution in [0, 0.1) is 5.82 Å². The lowest BCUT2D eigenvalue weighted by atomic mass is 10.2. The summed E-state index contributed by atoms with van der Waals surface area (Å²) in [6.45, 7) is 0. The molecule has 2 rings (SSSR count). The van der Waals surface area contributed by atoms with Crippen LogP contribution in [0.25, 0.3) is 0 Å². The Morgan fingerprint density at radius 3 is 2.29 bits per heavy atom. The molecule has 128 valence electrons. The van der Waals surface area contributed by atoms with Gasteiger partial charge in [-0.1, -0.05) is 12.1 Å². The Morgan fingerprint density at radius 2 is 1.71 bits per heavy atom. The number of carboxylic acid groups (broad SMARTS) is 1. The van der Waals surface area contributed by atoms with Gasteiger partial charge in [0.2, 0.25) is 0 Å². The molecule has 0 aromatic heterocycles. The predicted molar refractivity (Wildman–Crippen MR) is 75.6 cm³/mol. The summed E-state index contributed by atoms with van der Waals surface area (Å²) in [4.78, 5) is 9.97. The minimum absolute atomic E-state index is 0.551. The minimum atomic E-state index is -4.93. The average Bonchev–Trinajstić information content (AvgIpc) is 2.48. The highest BCUT2D eigenvalue weighted by Crippen LogP contribution is 2.34. The Balaban J connectivity index is 2.54. The molecular weight excluding hydrogens is 354 g/mol. The molecule has 10 heteroatoms. The van der Waals surface area contributed by atoms with E-state index in [4.69, 9.17) is 5.11 Å². The first-order chi connectivity index (χ1) is 11.0. The summed E-state index contributed by atoms with van der Waals surface area (Å²) in [5.74, 6) is -2.58. The van der Waals surface area contributed by atoms with Crippen LogP contribution < -0.4 is 4.72 Å². The van der Waals surface area contributed by atoms with Crippen LogP contribution in [0.15, 0.2) is 47.4 Å². The highest BCUT2D eigenvalue weighted by atomic mass is 32.2. The van der Waals surface area contributed by atoms with Crippen molar-refractivity contribution in [2.45, 2.75) is 11.1 Å². The van der Waals surface area contributed by atoms with E-state index in [1.165, 1.54) is 0 Å². The Hall–Kier alpha value is -2.62. The number of sulfonamides is 1. The van der Waals surface area contributed by atoms with Gasteiger partial charge in [-0.25, -0.2) is 17.6 Å². The number of carboxylic acids is 1. The number of hydrogen-bond donors (Lipinski definition) is 2. The second-order valence-corrected chi connectivity index (χ2v) is 6.25. The highest BCUT2D eigenvalue weighted by molar-refractivity contribution is 7.92. The van der Waals surface area contributed by atoms with Crippen LogP contribution in [0.3, 0.4) is 0 Å². The van der Waals surface area contributed by atoms with E-state index in [1.807, 2.05) is 0 Å². The molecule has 0 atom stereocenters. The topological polar surface area (TPSA) is 83.5 Å². The van der Waals surface area contributed by atoms with Gasteiger partial charge >= 0.3 is 12.1 Å². The number of nitrogens with one attached hydrogen (secondary N) is 1. The van der Waals surface area contributed by atoms with E-state index in [2.05, 4.69) is 0 Å². The molecule has 0 aliphatic carbocycles. The first kappa shape index (κ1) is 17.7. The zero-order valence-electron chi connectivity index (χ0n) is 11.6. The van der Waals surface area contributed by atoms with Gasteiger partial charge in [-0.2, -0.15) is 13.2 Å². The SMILES string of the molecule is O=C(O)c1cc(F)ccc1NS(=O)(=O)c1ccccc1C(F)(F)F. The fraction of sp³-hybridized carbons (Fsp3) is 0.0714. The lowest BCUT2D eigenvalue weighted by molar-refractivity contribution is -0.139. The molecule has 0 aliphatic rings. The third-order valence-electron chi connectivity index (χ3n) is 2.94. The Labute approximate surface area is 133 Å². The minimum Gasteiger partial charge on any atom is -0.478 e. The summed E-state index contributed by atoms with van der Waals surface area (Å²) in [5, 5.41) is 8.96. The smallest absolute Gasteiger partial charge is 0.417 e. The average molecular weight is 363 g/mol. The third-order valence-corrected chi connectivity index (χ3v) is 4.36. The molecule has 2 N–H and O–H groups in total. The quantitative estimate of drug-likeness (QED) is 0.816. The van der Waals surface area contributed by atoms with Crippen molar-refractivity contribution in [3.8, 4) is 0 Å². The maximum atomic E-state index is 13.1. The van der Waals surface area contributed by atoms with Gasteiger partial charge in [-0.3, -0.25) is 4.72 Å². The number of anilines is 1. The molecule has 24 heavy (non-hydrogen) atoms. The number of benzene rings is 2. The maximum absolute atomic E-state index is 13.1. The lowest BCUT2D eigenvalue weighted by Crippen LogP contribution is -2.20. The zero-order chi connectivity index (χ0) is 18.1. The first-order valence-corrected chi connectivity index (χ1v) is 7.72. The second-order valence-electron chi connectivity index (χ2n) is 4.59. The van der Waals surface area contributed by atoms with Gasteiger partial charge in [0.1, 0.15) is 5.82 Å². The van der Waals surface area contributed by atoms with Crippen molar-refractivity contribution in [2.24, 2.45) is 0 Å². The fourth-order valence-corrected chi connectivity index (χ4v) is 3.23. The van der Waals surface area contributed by atoms with Crippen LogP contribution in [0.4, 0.5) is 23.2 Å². The van der Waals surface area contributed by atoms with Crippen molar-refractivity contribution in [1.82, 2.24) is 0 Å². The molecule has 0 aliphatic heterocycles. The van der Waals surface area contributed by atoms with Crippen molar-refractivity contribution in [2.75, 3.05) is 4.72 Å². The molecule has 0 saturated carbocycles. The zero-order valence-corrected chi connectivity index (χ0v) is 12.5. The number of halogens is 4. The predicted octanol–water partition coefficient (Wildman–Crippen LogP) is 3.34. The monoisotopic (exact) mass is 363 g/mol. The van der Waals surface area contributed by atoms with E-state index in [0.29, 0.717) is 12.1 Å². The van der Waals surface area contributed by atoms with Gasteiger partial charge in [-0.15, -0.1) is 0 Å². The molecule has 0 bridgehead atoms. The van der Waals surface area contributed by atoms with Gasteiger partial charge < -0.3 is 5.11 Å². The Bertz CT molecular complexity index is 894. The third kappa shape index (κ3) is 3.65. The van der Waals surface area contributed by atoms with Crippen LogP contribution in [0.5, 0.6) is 0 Å². The molecule has 0 unspecified atom stereocenters. The molecule has 0 radical (unpaired) electrons. The van der Waals surface area contributed by atoms with Gasteiger partial charge in [-0.05, 0) is 30.3 Å². The molecule has 0 amide bonds. The molecule has 2 aromatic rings. The first-order valence-electron chi connectivity index (χ1n) is 6.24. The van der Waals surface area contributed by atoms with Crippen molar-refractivity contribution < 1.29 is 35.9 Å². The Morgan fingerprint density at radius 1 is 1.08 bits per heavy atom. The van der Waals surface area contributed by atoms with Gasteiger partial charge in [0, 0.05) is 0 Å². The number of aromatic carboxylic acids is 1. The molecule has 2 aromatic carbocycles. The fourth-order valence-electron chi connectivity index (χ4n) is 1.92. The molecule has 0 saturated heterocycles. The van der Waals surface area contributed by atoms with Crippen LogP contribution in [0.2, 0.25) is 0 Å². The van der Waals surface area contributed by atoms with Crippen molar-refractivity contribution in [3.05, 3.63) is 59.4 Å². The van der Waals surface area contributed by atoms with Crippen LogP contribution in [0.1, 0.15) is 15.9 Å². The van der Waals surface area contributed by atoms with Crippen LogP contribution >= 0.6 is 0 Å². The van der Waals surface area contributed by atoms with Crippen LogP contribution in [-0.2, 0) is 16.2 Å². The normalized spacial score (nSPS) is 12.0. The maximum Gasteiger partial charge on any atom is 0.417 e. The molecule has 5 nitrogen and oxygen atoms in total. The summed E-state index contributed by atoms with van der Waals surface area (Å²) < 4.78 is 78.1. The second kappa shape index (κ2) is 6.11. The molecule has 0 spiro atoms. The number of hydrogen-bond acceptors (Lipinski definition) is 3. The van der Waals surface area contributed by atoms with Gasteiger partial charge in [0.25, 0.3) is 10.0 Å². The van der Waals surface area contributed by atoms with E-state index in [-0.39, 0.29) is 0 Å². The lowest BCUT2D eigenvalue weighted by Gasteiger charge is -2.15. The largest absolute Gasteiger partial charge is 0.478 e. The van der Waals surface area contributed by atoms with Crippen molar-refractivity contribution >= 4 is 21.7 Å². The van der Waals surface area contributed by atoms with Crippen molar-refractivity contribution in [3.63, 3.8) is 0 Å². The van der Waals surface area contributed by atoms with Gasteiger partial charge in [0.05, 0.1) is 21.7 Å². The summed E-state index contributed by atoms with van der Waals surface area (Å²) in [6, 6.07) is 5.56. The number of carbonyl (C=O) groups is 1. The van der Waals surface area contributed by atoms with E-state index < -0.39 is 49.7 Å². The van der Waals surface area contributed by atoms with Crippen molar-refractivity contribution in [1.29, 1.82) is 0 Å². The standard InChI is InChI=1S/C14H9F4NO4S/c15-8-5-6-11(9(7-8)13(20)21)19-24(22,23)12-4-2-1-3-10(12)14(16,17)18/h1-7,19H,(H,20,21). The van der Waals surface area contributed by atoms with E-state index in [1.54, 1.807) is 4.72 Å². The highest BCUT2D eigenvalue weighted by Gasteiger charge is 2.37. The number of alkyl halides is 3. The summed E-state index contributed by atoms with van der Waals surface area (Å²) in [5.41, 5.74) is -2.69. The molecule has 0 fully saturated rings. The van der Waals surface area contributed by atoms with E-state index in [0.717, 1.165) is 30.3 Å². The van der Waals surface area contributed by atoms with Crippen LogP contribution in [-0.4, -0.2) is 19.5 Å². The van der Waals surface area contributed by atoms with E-state index in [9.17, 15) is 30.8 Å². The Kier molecular flexibility index (Phi) is 4.52. The number of rotatable bonds is 4. The molecule has 0 heterocycles. The summed E-state index contributed by atoms with van der Waals surface area (Å²) in [7, 11) is -4.75. The summed E-state index contributed by atoms with van der Waals surface area (Å²) in [6.07, 6.45) is -4.93. The summed E-state index contributed by atoms with van der Waals surface area (Å²) >= 11 is 0.